The number of para-hydroxylation sites is 2. The van der Waals surface area contributed by atoms with Crippen molar-refractivity contribution in [2.24, 2.45) is 0 Å². The summed E-state index contributed by atoms with van der Waals surface area (Å²) in [5.74, 6) is 0. The lowest BCUT2D eigenvalue weighted by molar-refractivity contribution is 0.727. The number of aromatic nitrogens is 1. The van der Waals surface area contributed by atoms with Crippen molar-refractivity contribution >= 4 is 38.9 Å². The van der Waals surface area contributed by atoms with Crippen LogP contribution in [-0.4, -0.2) is 4.57 Å². The maximum absolute atomic E-state index is 2.53. The molecule has 0 amide bonds. The highest BCUT2D eigenvalue weighted by molar-refractivity contribution is 6.12. The van der Waals surface area contributed by atoms with E-state index in [1.807, 2.05) is 0 Å². The Kier molecular flexibility index (Phi) is 7.09. The standard InChI is InChI=1S/C56H38N2/c1-37-19-25-42(26-20-37)56-43-27-21-41(22-28-43)50-35-45(31-33-47(50)40-13-6-3-7-14-40)57(44-29-23-39(24-30-44)38-11-4-2-5-12-38)46-32-34-54(52(56)36-46)58-53-18-9-8-15-48(53)49-16-10-17-51(56)55(49)58/h2-36H,1H3. The van der Waals surface area contributed by atoms with Crippen LogP contribution in [0.15, 0.2) is 212 Å². The third-order valence-corrected chi connectivity index (χ3v) is 12.7. The second-order valence-corrected chi connectivity index (χ2v) is 15.8. The van der Waals surface area contributed by atoms with Crippen molar-refractivity contribution in [3.63, 3.8) is 0 Å². The van der Waals surface area contributed by atoms with Gasteiger partial charge in [-0.05, 0) is 111 Å². The molecule has 2 nitrogen and oxygen atoms in total. The van der Waals surface area contributed by atoms with Gasteiger partial charge in [0.1, 0.15) is 0 Å². The molecule has 6 bridgehead atoms. The highest BCUT2D eigenvalue weighted by Gasteiger charge is 2.46. The molecule has 1 aromatic heterocycles. The van der Waals surface area contributed by atoms with Crippen LogP contribution in [0.4, 0.5) is 17.1 Å². The predicted molar refractivity (Wildman–Crippen MR) is 242 cm³/mol. The SMILES string of the molecule is Cc1ccc(C23c4ccc(cc4)-c4cc(ccc4-c4ccccc4)N(c4ccc(-c5ccccc5)cc4)c4ccc(c2c4)-n2c4ccccc4c4cccc3c42)cc1. The molecule has 0 fully saturated rings. The van der Waals surface area contributed by atoms with Gasteiger partial charge in [-0.1, -0.05) is 169 Å². The summed E-state index contributed by atoms with van der Waals surface area (Å²) in [6, 6.07) is 79.3. The zero-order valence-corrected chi connectivity index (χ0v) is 32.1. The zero-order chi connectivity index (χ0) is 38.4. The highest BCUT2D eigenvalue weighted by Crippen LogP contribution is 2.56. The minimum absolute atomic E-state index is 0.612. The first kappa shape index (κ1) is 32.8. The van der Waals surface area contributed by atoms with E-state index in [9.17, 15) is 0 Å². The van der Waals surface area contributed by atoms with Crippen molar-refractivity contribution in [2.45, 2.75) is 12.3 Å². The molecular weight excluding hydrogens is 701 g/mol. The van der Waals surface area contributed by atoms with E-state index in [2.05, 4.69) is 229 Å². The minimum Gasteiger partial charge on any atom is -0.310 e. The van der Waals surface area contributed by atoms with E-state index in [1.165, 1.54) is 88.7 Å². The Labute approximate surface area is 338 Å². The maximum atomic E-state index is 2.53. The van der Waals surface area contributed by atoms with Gasteiger partial charge >= 0.3 is 0 Å². The fourth-order valence-corrected chi connectivity index (χ4v) is 10.0. The van der Waals surface area contributed by atoms with E-state index >= 15 is 0 Å². The van der Waals surface area contributed by atoms with E-state index in [0.717, 1.165) is 17.1 Å². The van der Waals surface area contributed by atoms with Crippen LogP contribution < -0.4 is 4.90 Å². The number of benzene rings is 9. The summed E-state index contributed by atoms with van der Waals surface area (Å²) < 4.78 is 2.53. The van der Waals surface area contributed by atoms with E-state index < -0.39 is 5.41 Å². The number of rotatable bonds is 4. The molecule has 3 aliphatic rings. The predicted octanol–water partition coefficient (Wildman–Crippen LogP) is 14.6. The van der Waals surface area contributed by atoms with Gasteiger partial charge in [-0.25, -0.2) is 0 Å². The van der Waals surface area contributed by atoms with Gasteiger partial charge in [0.15, 0.2) is 0 Å². The Bertz CT molecular complexity index is 3190. The first-order valence-electron chi connectivity index (χ1n) is 20.2. The molecule has 272 valence electrons. The van der Waals surface area contributed by atoms with Gasteiger partial charge in [0.2, 0.25) is 0 Å². The molecule has 9 aromatic carbocycles. The molecule has 0 saturated carbocycles. The minimum atomic E-state index is -0.612. The van der Waals surface area contributed by atoms with Gasteiger partial charge in [-0.2, -0.15) is 0 Å². The van der Waals surface area contributed by atoms with Crippen molar-refractivity contribution in [3.8, 4) is 39.1 Å². The van der Waals surface area contributed by atoms with E-state index in [1.54, 1.807) is 0 Å². The molecule has 10 aromatic rings. The molecule has 13 rings (SSSR count). The molecule has 0 N–H and O–H groups in total. The summed E-state index contributed by atoms with van der Waals surface area (Å²) in [6.07, 6.45) is 0. The monoisotopic (exact) mass is 738 g/mol. The summed E-state index contributed by atoms with van der Waals surface area (Å²) in [4.78, 5) is 2.45. The first-order valence-corrected chi connectivity index (χ1v) is 20.2. The molecule has 4 heterocycles. The fraction of sp³-hybridized carbons (Fsp3) is 0.0357. The first-order chi connectivity index (χ1) is 28.7. The zero-order valence-electron chi connectivity index (χ0n) is 32.1. The maximum Gasteiger partial charge on any atom is 0.0743 e. The lowest BCUT2D eigenvalue weighted by atomic mass is 9.62. The van der Waals surface area contributed by atoms with Crippen LogP contribution in [-0.2, 0) is 5.41 Å². The third-order valence-electron chi connectivity index (χ3n) is 12.7. The molecular formula is C56H38N2. The number of aryl methyl sites for hydroxylation is 1. The second-order valence-electron chi connectivity index (χ2n) is 15.8. The molecule has 3 aliphatic heterocycles. The van der Waals surface area contributed by atoms with Crippen LogP contribution >= 0.6 is 0 Å². The lowest BCUT2D eigenvalue weighted by Crippen LogP contribution is -2.35. The van der Waals surface area contributed by atoms with Crippen LogP contribution in [0.2, 0.25) is 0 Å². The Morgan fingerprint density at radius 2 is 0.948 bits per heavy atom. The van der Waals surface area contributed by atoms with Gasteiger partial charge in [-0.15, -0.1) is 0 Å². The van der Waals surface area contributed by atoms with E-state index in [0.29, 0.717) is 0 Å². The van der Waals surface area contributed by atoms with Crippen molar-refractivity contribution < 1.29 is 0 Å². The van der Waals surface area contributed by atoms with Gasteiger partial charge in [0.05, 0.1) is 22.1 Å². The quantitative estimate of drug-likeness (QED) is 0.175. The normalized spacial score (nSPS) is 15.0. The molecule has 1 atom stereocenters. The third kappa shape index (κ3) is 4.66. The van der Waals surface area contributed by atoms with Crippen molar-refractivity contribution in [2.75, 3.05) is 4.90 Å². The molecule has 2 heteroatoms. The van der Waals surface area contributed by atoms with Crippen molar-refractivity contribution in [1.82, 2.24) is 4.57 Å². The van der Waals surface area contributed by atoms with Gasteiger partial charge in [0, 0.05) is 27.8 Å². The number of fused-ring (bicyclic) bond motifs is 6. The Balaban J connectivity index is 1.22. The van der Waals surface area contributed by atoms with Crippen LogP contribution in [0.3, 0.4) is 0 Å². The summed E-state index contributed by atoms with van der Waals surface area (Å²) >= 11 is 0. The lowest BCUT2D eigenvalue weighted by Gasteiger charge is -2.42. The van der Waals surface area contributed by atoms with Crippen LogP contribution in [0.5, 0.6) is 0 Å². The summed E-state index contributed by atoms with van der Waals surface area (Å²) in [5, 5.41) is 2.55. The van der Waals surface area contributed by atoms with Crippen LogP contribution in [0.1, 0.15) is 27.8 Å². The summed E-state index contributed by atoms with van der Waals surface area (Å²) in [7, 11) is 0. The number of anilines is 3. The van der Waals surface area contributed by atoms with E-state index in [4.69, 9.17) is 0 Å². The van der Waals surface area contributed by atoms with Crippen LogP contribution in [0.25, 0.3) is 60.9 Å². The average Bonchev–Trinajstić information content (AvgIpc) is 3.63. The summed E-state index contributed by atoms with van der Waals surface area (Å²) in [6.45, 7) is 2.18. The number of nitrogens with zero attached hydrogens (tertiary/aromatic N) is 2. The molecule has 1 unspecified atom stereocenters. The summed E-state index contributed by atoms with van der Waals surface area (Å²) in [5.41, 5.74) is 19.9. The Morgan fingerprint density at radius 1 is 0.379 bits per heavy atom. The largest absolute Gasteiger partial charge is 0.310 e. The number of hydrogen-bond donors (Lipinski definition) is 0. The number of hydrogen-bond acceptors (Lipinski definition) is 1. The molecule has 58 heavy (non-hydrogen) atoms. The van der Waals surface area contributed by atoms with Crippen molar-refractivity contribution in [1.29, 1.82) is 0 Å². The van der Waals surface area contributed by atoms with Gasteiger partial charge in [0.25, 0.3) is 0 Å². The molecule has 0 spiro atoms. The average molecular weight is 739 g/mol. The topological polar surface area (TPSA) is 8.17 Å². The van der Waals surface area contributed by atoms with Crippen LogP contribution in [0, 0.1) is 6.92 Å². The fourth-order valence-electron chi connectivity index (χ4n) is 10.0. The van der Waals surface area contributed by atoms with Crippen molar-refractivity contribution in [3.05, 3.63) is 240 Å². The Morgan fingerprint density at radius 3 is 1.71 bits per heavy atom. The molecule has 0 aliphatic carbocycles. The Hall–Kier alpha value is -7.42. The highest BCUT2D eigenvalue weighted by atomic mass is 15.1. The smallest absolute Gasteiger partial charge is 0.0743 e. The molecule has 0 saturated heterocycles. The van der Waals surface area contributed by atoms with Gasteiger partial charge < -0.3 is 9.47 Å². The molecule has 0 radical (unpaired) electrons. The second kappa shape index (κ2) is 12.5. The van der Waals surface area contributed by atoms with E-state index in [-0.39, 0.29) is 0 Å². The van der Waals surface area contributed by atoms with Gasteiger partial charge in [-0.3, -0.25) is 0 Å².